The molecule has 0 amide bonds. The number of anilines is 1. The molecule has 0 aliphatic heterocycles. The summed E-state index contributed by atoms with van der Waals surface area (Å²) in [7, 11) is 1.90. The average Bonchev–Trinajstić information content (AvgIpc) is 2.81. The van der Waals surface area contributed by atoms with Crippen LogP contribution in [0.1, 0.15) is 5.56 Å². The topological polar surface area (TPSA) is 42.2 Å². The van der Waals surface area contributed by atoms with Crippen molar-refractivity contribution in [3.05, 3.63) is 48.4 Å². The molecule has 4 nitrogen and oxygen atoms in total. The monoisotopic (exact) mass is 238 g/mol. The van der Waals surface area contributed by atoms with Gasteiger partial charge in [0, 0.05) is 25.0 Å². The van der Waals surface area contributed by atoms with Gasteiger partial charge in [-0.1, -0.05) is 6.07 Å². The molecule has 0 saturated carbocycles. The largest absolute Gasteiger partial charge is 0.385 e. The maximum Gasteiger partial charge on any atom is 0.0893 e. The number of nitrogens with zero attached hydrogens (tertiary/aromatic N) is 3. The number of hydrogen-bond donors (Lipinski definition) is 1. The van der Waals surface area contributed by atoms with Crippen LogP contribution in [-0.2, 0) is 0 Å². The summed E-state index contributed by atoms with van der Waals surface area (Å²) >= 11 is 0. The fraction of sp³-hybridized carbons (Fsp3) is 0.143. The minimum Gasteiger partial charge on any atom is -0.385 e. The Kier molecular flexibility index (Phi) is 2.48. The fourth-order valence-corrected chi connectivity index (χ4v) is 2.10. The van der Waals surface area contributed by atoms with Crippen LogP contribution in [0.25, 0.3) is 16.8 Å². The Bertz CT molecular complexity index is 700. The smallest absolute Gasteiger partial charge is 0.0893 e. The third kappa shape index (κ3) is 1.62. The molecule has 90 valence electrons. The van der Waals surface area contributed by atoms with Gasteiger partial charge in [-0.05, 0) is 30.7 Å². The molecule has 18 heavy (non-hydrogen) atoms. The summed E-state index contributed by atoms with van der Waals surface area (Å²) in [5.74, 6) is 0. The molecule has 0 radical (unpaired) electrons. The fourth-order valence-electron chi connectivity index (χ4n) is 2.10. The molecule has 3 aromatic rings. The first-order valence-electron chi connectivity index (χ1n) is 5.87. The Morgan fingerprint density at radius 3 is 2.89 bits per heavy atom. The summed E-state index contributed by atoms with van der Waals surface area (Å²) in [6.07, 6.45) is 5.64. The van der Waals surface area contributed by atoms with Crippen LogP contribution in [0.2, 0.25) is 0 Å². The van der Waals surface area contributed by atoms with Gasteiger partial charge in [0.1, 0.15) is 0 Å². The van der Waals surface area contributed by atoms with Crippen molar-refractivity contribution in [2.24, 2.45) is 0 Å². The van der Waals surface area contributed by atoms with E-state index in [1.807, 2.05) is 36.2 Å². The molecule has 3 aromatic heterocycles. The standard InChI is InChI=1S/C14H14N4/c1-10-4-3-7-16-14(10)11-5-6-13-12(15-2)8-17-18(13)9-11/h3-9,15H,1-2H3. The van der Waals surface area contributed by atoms with Gasteiger partial charge in [-0.25, -0.2) is 4.52 Å². The molecule has 4 heteroatoms. The van der Waals surface area contributed by atoms with Crippen molar-refractivity contribution in [1.82, 2.24) is 14.6 Å². The van der Waals surface area contributed by atoms with E-state index in [1.54, 1.807) is 0 Å². The Labute approximate surface area is 105 Å². The Hall–Kier alpha value is -2.36. The van der Waals surface area contributed by atoms with Crippen molar-refractivity contribution >= 4 is 11.2 Å². The second-order valence-corrected chi connectivity index (χ2v) is 4.22. The molecule has 0 fully saturated rings. The number of hydrogen-bond acceptors (Lipinski definition) is 3. The number of aromatic nitrogens is 3. The normalized spacial score (nSPS) is 10.8. The average molecular weight is 238 g/mol. The minimum absolute atomic E-state index is 1.00. The minimum atomic E-state index is 1.00. The van der Waals surface area contributed by atoms with Gasteiger partial charge in [0.15, 0.2) is 0 Å². The predicted octanol–water partition coefficient (Wildman–Crippen LogP) is 2.75. The zero-order chi connectivity index (χ0) is 12.5. The summed E-state index contributed by atoms with van der Waals surface area (Å²) in [6, 6.07) is 8.15. The number of rotatable bonds is 2. The Morgan fingerprint density at radius 2 is 2.11 bits per heavy atom. The van der Waals surface area contributed by atoms with Crippen LogP contribution < -0.4 is 5.32 Å². The van der Waals surface area contributed by atoms with Gasteiger partial charge in [0.25, 0.3) is 0 Å². The Morgan fingerprint density at radius 1 is 1.22 bits per heavy atom. The Balaban J connectivity index is 2.17. The third-order valence-corrected chi connectivity index (χ3v) is 3.07. The van der Waals surface area contributed by atoms with Gasteiger partial charge in [-0.3, -0.25) is 4.98 Å². The lowest BCUT2D eigenvalue weighted by Crippen LogP contribution is -1.93. The van der Waals surface area contributed by atoms with E-state index in [1.165, 1.54) is 0 Å². The second kappa shape index (κ2) is 4.14. The van der Waals surface area contributed by atoms with Gasteiger partial charge < -0.3 is 5.32 Å². The van der Waals surface area contributed by atoms with Crippen LogP contribution in [-0.4, -0.2) is 21.6 Å². The zero-order valence-electron chi connectivity index (χ0n) is 10.4. The van der Waals surface area contributed by atoms with E-state index in [2.05, 4.69) is 40.5 Å². The summed E-state index contributed by atoms with van der Waals surface area (Å²) < 4.78 is 1.87. The first-order valence-corrected chi connectivity index (χ1v) is 5.87. The van der Waals surface area contributed by atoms with Crippen molar-refractivity contribution in [3.63, 3.8) is 0 Å². The van der Waals surface area contributed by atoms with E-state index in [0.29, 0.717) is 0 Å². The first kappa shape index (κ1) is 10.8. The molecule has 0 aliphatic rings. The highest BCUT2D eigenvalue weighted by molar-refractivity contribution is 5.74. The number of nitrogens with one attached hydrogen (secondary N) is 1. The summed E-state index contributed by atoms with van der Waals surface area (Å²) in [4.78, 5) is 4.43. The molecule has 0 aromatic carbocycles. The molecule has 0 aliphatic carbocycles. The lowest BCUT2D eigenvalue weighted by atomic mass is 10.1. The van der Waals surface area contributed by atoms with Crippen LogP contribution in [0, 0.1) is 6.92 Å². The lowest BCUT2D eigenvalue weighted by Gasteiger charge is -2.05. The quantitative estimate of drug-likeness (QED) is 0.746. The number of fused-ring (bicyclic) bond motifs is 1. The highest BCUT2D eigenvalue weighted by Gasteiger charge is 2.06. The maximum absolute atomic E-state index is 4.43. The van der Waals surface area contributed by atoms with Crippen molar-refractivity contribution in [2.45, 2.75) is 6.92 Å². The molecule has 3 heterocycles. The van der Waals surface area contributed by atoms with Crippen LogP contribution in [0.15, 0.2) is 42.9 Å². The summed E-state index contributed by atoms with van der Waals surface area (Å²) in [6.45, 7) is 2.06. The molecule has 3 rings (SSSR count). The lowest BCUT2D eigenvalue weighted by molar-refractivity contribution is 0.961. The molecular formula is C14H14N4. The summed E-state index contributed by atoms with van der Waals surface area (Å²) in [5.41, 5.74) is 5.33. The first-order chi connectivity index (χ1) is 8.79. The van der Waals surface area contributed by atoms with Crippen molar-refractivity contribution in [2.75, 3.05) is 12.4 Å². The second-order valence-electron chi connectivity index (χ2n) is 4.22. The van der Waals surface area contributed by atoms with Gasteiger partial charge >= 0.3 is 0 Å². The maximum atomic E-state index is 4.43. The molecule has 0 unspecified atom stereocenters. The van der Waals surface area contributed by atoms with Crippen LogP contribution in [0.5, 0.6) is 0 Å². The van der Waals surface area contributed by atoms with Gasteiger partial charge in [0.2, 0.25) is 0 Å². The highest BCUT2D eigenvalue weighted by atomic mass is 15.2. The molecule has 0 saturated heterocycles. The van der Waals surface area contributed by atoms with Crippen LogP contribution in [0.4, 0.5) is 5.69 Å². The van der Waals surface area contributed by atoms with Crippen molar-refractivity contribution in [3.8, 4) is 11.3 Å². The van der Waals surface area contributed by atoms with E-state index >= 15 is 0 Å². The van der Waals surface area contributed by atoms with Crippen LogP contribution in [0.3, 0.4) is 0 Å². The number of aryl methyl sites for hydroxylation is 1. The van der Waals surface area contributed by atoms with Gasteiger partial charge in [-0.2, -0.15) is 5.10 Å². The predicted molar refractivity (Wildman–Crippen MR) is 72.7 cm³/mol. The number of pyridine rings is 2. The van der Waals surface area contributed by atoms with E-state index in [9.17, 15) is 0 Å². The zero-order valence-corrected chi connectivity index (χ0v) is 10.4. The SMILES string of the molecule is CNc1cnn2cc(-c3ncccc3C)ccc12. The van der Waals surface area contributed by atoms with E-state index in [0.717, 1.165) is 28.0 Å². The van der Waals surface area contributed by atoms with Gasteiger partial charge in [0.05, 0.1) is 23.1 Å². The van der Waals surface area contributed by atoms with Crippen LogP contribution >= 0.6 is 0 Å². The van der Waals surface area contributed by atoms with Gasteiger partial charge in [-0.15, -0.1) is 0 Å². The molecule has 1 N–H and O–H groups in total. The molecular weight excluding hydrogens is 224 g/mol. The van der Waals surface area contributed by atoms with E-state index in [-0.39, 0.29) is 0 Å². The van der Waals surface area contributed by atoms with E-state index < -0.39 is 0 Å². The molecule has 0 bridgehead atoms. The van der Waals surface area contributed by atoms with Crippen molar-refractivity contribution in [1.29, 1.82) is 0 Å². The van der Waals surface area contributed by atoms with E-state index in [4.69, 9.17) is 0 Å². The molecule has 0 atom stereocenters. The van der Waals surface area contributed by atoms with Crippen molar-refractivity contribution < 1.29 is 0 Å². The molecule has 0 spiro atoms. The third-order valence-electron chi connectivity index (χ3n) is 3.07. The highest BCUT2D eigenvalue weighted by Crippen LogP contribution is 2.23. The summed E-state index contributed by atoms with van der Waals surface area (Å²) in [5, 5.41) is 7.45.